The lowest BCUT2D eigenvalue weighted by atomic mass is 10.4. The van der Waals surface area contributed by atoms with E-state index in [9.17, 15) is 4.79 Å². The number of allylic oxidation sites excluding steroid dienone is 1. The van der Waals surface area contributed by atoms with E-state index in [1.54, 1.807) is 13.0 Å². The summed E-state index contributed by atoms with van der Waals surface area (Å²) < 4.78 is 9.55. The third-order valence-electron chi connectivity index (χ3n) is 1.18. The molecule has 54 valence electrons. The second-order valence-corrected chi connectivity index (χ2v) is 1.79. The number of methoxy groups -OCH3 is 1. The molecule has 0 aromatic rings. The molecule has 1 heterocycles. The van der Waals surface area contributed by atoms with Gasteiger partial charge in [-0.2, -0.15) is 0 Å². The Morgan fingerprint density at radius 1 is 1.70 bits per heavy atom. The van der Waals surface area contributed by atoms with Crippen LogP contribution in [0.4, 0.5) is 0 Å². The molecule has 3 heteroatoms. The largest absolute Gasteiger partial charge is 0.493 e. The van der Waals surface area contributed by atoms with E-state index in [2.05, 4.69) is 0 Å². The van der Waals surface area contributed by atoms with E-state index in [0.717, 1.165) is 0 Å². The molecule has 1 rings (SSSR count). The monoisotopic (exact) mass is 140 g/mol. The summed E-state index contributed by atoms with van der Waals surface area (Å²) in [5, 5.41) is 0. The van der Waals surface area contributed by atoms with Gasteiger partial charge in [-0.05, 0) is 13.0 Å². The number of cyclic esters (lactones) is 1. The minimum absolute atomic E-state index is 0.370. The molecule has 0 amide bonds. The first-order valence-electron chi connectivity index (χ1n) is 2.92. The number of hydrogen-bond acceptors (Lipinski definition) is 3. The Balaban J connectivity index is 2.85. The molecule has 0 bridgehead atoms. The zero-order valence-corrected chi connectivity index (χ0v) is 5.88. The summed E-state index contributed by atoms with van der Waals surface area (Å²) >= 11 is 0. The lowest BCUT2D eigenvalue weighted by molar-refractivity contribution is -0.132. The van der Waals surface area contributed by atoms with Crippen molar-refractivity contribution in [3.8, 4) is 0 Å². The van der Waals surface area contributed by atoms with Crippen LogP contribution in [-0.2, 0) is 14.3 Å². The minimum atomic E-state index is -0.370. The number of carbonyl (C=O) groups excluding carboxylic acids is 1. The molecule has 0 unspecified atom stereocenters. The lowest BCUT2D eigenvalue weighted by Crippen LogP contribution is -1.91. The molecule has 0 spiro atoms. The fourth-order valence-corrected chi connectivity index (χ4v) is 0.727. The second kappa shape index (κ2) is 2.56. The van der Waals surface area contributed by atoms with E-state index in [4.69, 9.17) is 9.47 Å². The number of carbonyl (C=O) groups is 1. The highest BCUT2D eigenvalue weighted by atomic mass is 16.6. The molecule has 0 N–H and O–H groups in total. The molecule has 0 saturated heterocycles. The van der Waals surface area contributed by atoms with Crippen LogP contribution >= 0.6 is 0 Å². The third-order valence-corrected chi connectivity index (χ3v) is 1.18. The number of esters is 1. The van der Waals surface area contributed by atoms with Crippen LogP contribution in [0.5, 0.6) is 0 Å². The normalized spacial score (nSPS) is 20.8. The highest BCUT2D eigenvalue weighted by Gasteiger charge is 2.19. The number of ether oxygens (including phenoxy) is 2. The van der Waals surface area contributed by atoms with Crippen molar-refractivity contribution in [2.75, 3.05) is 7.11 Å². The molecule has 0 aromatic carbocycles. The topological polar surface area (TPSA) is 35.5 Å². The summed E-state index contributed by atoms with van der Waals surface area (Å²) in [5.74, 6) is 0.616. The molecular weight excluding hydrogens is 132 g/mol. The van der Waals surface area contributed by atoms with E-state index in [1.165, 1.54) is 13.2 Å². The maximum absolute atomic E-state index is 10.6. The predicted octanol–water partition coefficient (Wildman–Crippen LogP) is 0.977. The Morgan fingerprint density at radius 3 is 2.80 bits per heavy atom. The molecule has 0 aromatic heterocycles. The summed E-state index contributed by atoms with van der Waals surface area (Å²) in [6.45, 7) is 1.78. The Bertz CT molecular complexity index is 213. The SMILES string of the molecule is C/C=C1/OC(=O)C=C1OC. The standard InChI is InChI=1S/C7H8O3/c1-3-5-6(9-2)4-7(8)10-5/h3-4H,1-2H3/b5-3+. The quantitative estimate of drug-likeness (QED) is 0.509. The fourth-order valence-electron chi connectivity index (χ4n) is 0.727. The van der Waals surface area contributed by atoms with Gasteiger partial charge in [0.2, 0.25) is 0 Å². The van der Waals surface area contributed by atoms with Crippen LogP contribution in [0, 0.1) is 0 Å². The highest BCUT2D eigenvalue weighted by Crippen LogP contribution is 2.18. The van der Waals surface area contributed by atoms with Crippen LogP contribution in [0.3, 0.4) is 0 Å². The average molecular weight is 140 g/mol. The van der Waals surface area contributed by atoms with Gasteiger partial charge in [-0.25, -0.2) is 4.79 Å². The van der Waals surface area contributed by atoms with E-state index >= 15 is 0 Å². The van der Waals surface area contributed by atoms with Crippen LogP contribution in [0.1, 0.15) is 6.92 Å². The predicted molar refractivity (Wildman–Crippen MR) is 34.9 cm³/mol. The summed E-state index contributed by atoms with van der Waals surface area (Å²) in [4.78, 5) is 10.6. The third kappa shape index (κ3) is 1.03. The van der Waals surface area contributed by atoms with Gasteiger partial charge in [0, 0.05) is 0 Å². The van der Waals surface area contributed by atoms with Crippen molar-refractivity contribution < 1.29 is 14.3 Å². The maximum atomic E-state index is 10.6. The zero-order valence-electron chi connectivity index (χ0n) is 5.88. The summed E-state index contributed by atoms with van der Waals surface area (Å²) in [5.41, 5.74) is 0. The zero-order chi connectivity index (χ0) is 7.56. The molecular formula is C7H8O3. The van der Waals surface area contributed by atoms with Crippen LogP contribution in [-0.4, -0.2) is 13.1 Å². The molecule has 0 saturated carbocycles. The Kier molecular flexibility index (Phi) is 1.76. The van der Waals surface area contributed by atoms with Crippen molar-refractivity contribution in [1.82, 2.24) is 0 Å². The van der Waals surface area contributed by atoms with Crippen LogP contribution in [0.15, 0.2) is 23.7 Å². The molecule has 0 atom stereocenters. The van der Waals surface area contributed by atoms with Crippen molar-refractivity contribution in [3.63, 3.8) is 0 Å². The van der Waals surface area contributed by atoms with Crippen molar-refractivity contribution in [1.29, 1.82) is 0 Å². The van der Waals surface area contributed by atoms with Gasteiger partial charge < -0.3 is 9.47 Å². The fraction of sp³-hybridized carbons (Fsp3) is 0.286. The van der Waals surface area contributed by atoms with E-state index in [1.807, 2.05) is 0 Å². The van der Waals surface area contributed by atoms with Crippen molar-refractivity contribution in [2.24, 2.45) is 0 Å². The van der Waals surface area contributed by atoms with Gasteiger partial charge in [-0.15, -0.1) is 0 Å². The highest BCUT2D eigenvalue weighted by molar-refractivity contribution is 5.87. The van der Waals surface area contributed by atoms with Gasteiger partial charge in [0.15, 0.2) is 11.5 Å². The lowest BCUT2D eigenvalue weighted by Gasteiger charge is -1.99. The smallest absolute Gasteiger partial charge is 0.340 e. The van der Waals surface area contributed by atoms with E-state index in [0.29, 0.717) is 11.5 Å². The molecule has 1 aliphatic heterocycles. The first-order chi connectivity index (χ1) is 4.77. The van der Waals surface area contributed by atoms with Gasteiger partial charge in [-0.1, -0.05) is 0 Å². The van der Waals surface area contributed by atoms with Crippen LogP contribution < -0.4 is 0 Å². The van der Waals surface area contributed by atoms with E-state index < -0.39 is 0 Å². The Labute approximate surface area is 58.9 Å². The molecule has 0 radical (unpaired) electrons. The molecule has 10 heavy (non-hydrogen) atoms. The Hall–Kier alpha value is -1.25. The maximum Gasteiger partial charge on any atom is 0.340 e. The van der Waals surface area contributed by atoms with Gasteiger partial charge >= 0.3 is 5.97 Å². The molecule has 1 aliphatic rings. The van der Waals surface area contributed by atoms with Crippen molar-refractivity contribution >= 4 is 5.97 Å². The number of hydrogen-bond donors (Lipinski definition) is 0. The average Bonchev–Trinajstić information content (AvgIpc) is 2.30. The van der Waals surface area contributed by atoms with Gasteiger partial charge in [-0.3, -0.25) is 0 Å². The van der Waals surface area contributed by atoms with Crippen molar-refractivity contribution in [2.45, 2.75) is 6.92 Å². The minimum Gasteiger partial charge on any atom is -0.493 e. The summed E-state index contributed by atoms with van der Waals surface area (Å²) in [7, 11) is 1.50. The first kappa shape index (κ1) is 6.86. The first-order valence-corrected chi connectivity index (χ1v) is 2.92. The van der Waals surface area contributed by atoms with Crippen molar-refractivity contribution in [3.05, 3.63) is 23.7 Å². The van der Waals surface area contributed by atoms with Crippen LogP contribution in [0.2, 0.25) is 0 Å². The van der Waals surface area contributed by atoms with E-state index in [-0.39, 0.29) is 5.97 Å². The van der Waals surface area contributed by atoms with Gasteiger partial charge in [0.1, 0.15) is 0 Å². The molecule has 0 fully saturated rings. The molecule has 3 nitrogen and oxygen atoms in total. The van der Waals surface area contributed by atoms with Gasteiger partial charge in [0.05, 0.1) is 13.2 Å². The number of rotatable bonds is 1. The summed E-state index contributed by atoms with van der Waals surface area (Å²) in [6.07, 6.45) is 3.00. The van der Waals surface area contributed by atoms with Gasteiger partial charge in [0.25, 0.3) is 0 Å². The summed E-state index contributed by atoms with van der Waals surface area (Å²) in [6, 6.07) is 0. The second-order valence-electron chi connectivity index (χ2n) is 1.79. The van der Waals surface area contributed by atoms with Crippen LogP contribution in [0.25, 0.3) is 0 Å². The Morgan fingerprint density at radius 2 is 2.40 bits per heavy atom. The molecule has 0 aliphatic carbocycles.